The van der Waals surface area contributed by atoms with Crippen LogP contribution in [0.25, 0.3) is 0 Å². The number of aryl methyl sites for hydroxylation is 1. The monoisotopic (exact) mass is 514 g/mol. The molecule has 0 bridgehead atoms. The Bertz CT molecular complexity index is 675. The third-order valence-electron chi connectivity index (χ3n) is 5.67. The summed E-state index contributed by atoms with van der Waals surface area (Å²) in [5, 5.41) is 6.95. The molecule has 3 rings (SSSR count). The molecule has 1 atom stereocenters. The average molecular weight is 514 g/mol. The number of likely N-dealkylation sites (tertiary alicyclic amines) is 1. The van der Waals surface area contributed by atoms with Crippen LogP contribution in [0.4, 0.5) is 4.79 Å². The van der Waals surface area contributed by atoms with Crippen LogP contribution < -0.4 is 10.6 Å². The quantitative estimate of drug-likeness (QED) is 0.356. The van der Waals surface area contributed by atoms with Crippen molar-refractivity contribution in [2.45, 2.75) is 57.9 Å². The number of hydrogen-bond donors (Lipinski definition) is 2. The van der Waals surface area contributed by atoms with Crippen LogP contribution in [0, 0.1) is 0 Å². The number of benzene rings is 1. The topological polar surface area (TPSA) is 66.0 Å². The lowest BCUT2D eigenvalue weighted by Crippen LogP contribution is -2.50. The number of rotatable bonds is 5. The van der Waals surface area contributed by atoms with Crippen molar-refractivity contribution in [3.63, 3.8) is 0 Å². The van der Waals surface area contributed by atoms with Crippen molar-refractivity contribution in [3.8, 4) is 0 Å². The zero-order valence-electron chi connectivity index (χ0n) is 17.7. The largest absolute Gasteiger partial charge is 0.450 e. The van der Waals surface area contributed by atoms with Crippen LogP contribution >= 0.6 is 24.0 Å². The van der Waals surface area contributed by atoms with Gasteiger partial charge in [-0.05, 0) is 57.1 Å². The summed E-state index contributed by atoms with van der Waals surface area (Å²) >= 11 is 0. The van der Waals surface area contributed by atoms with E-state index in [0.717, 1.165) is 45.0 Å². The van der Waals surface area contributed by atoms with Gasteiger partial charge in [0.25, 0.3) is 0 Å². The smallest absolute Gasteiger partial charge is 0.409 e. The van der Waals surface area contributed by atoms with E-state index in [-0.39, 0.29) is 30.1 Å². The van der Waals surface area contributed by atoms with E-state index in [4.69, 9.17) is 9.73 Å². The van der Waals surface area contributed by atoms with Gasteiger partial charge in [-0.2, -0.15) is 0 Å². The van der Waals surface area contributed by atoms with Crippen LogP contribution in [-0.4, -0.2) is 55.8 Å². The van der Waals surface area contributed by atoms with Crippen LogP contribution in [0.15, 0.2) is 29.3 Å². The summed E-state index contributed by atoms with van der Waals surface area (Å²) in [4.78, 5) is 18.6. The fourth-order valence-corrected chi connectivity index (χ4v) is 4.18. The second-order valence-corrected chi connectivity index (χ2v) is 7.61. The van der Waals surface area contributed by atoms with Crippen molar-refractivity contribution in [1.82, 2.24) is 15.5 Å². The average Bonchev–Trinajstić information content (AvgIpc) is 2.73. The second-order valence-electron chi connectivity index (χ2n) is 7.61. The molecule has 0 radical (unpaired) electrons. The number of halogens is 1. The van der Waals surface area contributed by atoms with Gasteiger partial charge >= 0.3 is 6.09 Å². The SMILES string of the molecule is CCNC(=NCC1CCCc2ccccc21)NC1CCN(C(=O)OCC)CC1.I. The zero-order chi connectivity index (χ0) is 19.8. The summed E-state index contributed by atoms with van der Waals surface area (Å²) in [5.74, 6) is 1.39. The molecule has 6 nitrogen and oxygen atoms in total. The number of nitrogens with one attached hydrogen (secondary N) is 2. The van der Waals surface area contributed by atoms with E-state index in [1.54, 1.807) is 4.90 Å². The summed E-state index contributed by atoms with van der Waals surface area (Å²) in [7, 11) is 0. The van der Waals surface area contributed by atoms with Gasteiger partial charge in [0.2, 0.25) is 0 Å². The first-order valence-electron chi connectivity index (χ1n) is 10.8. The molecule has 1 amide bonds. The number of nitrogens with zero attached hydrogens (tertiary/aromatic N) is 2. The van der Waals surface area contributed by atoms with E-state index >= 15 is 0 Å². The Kier molecular flexibility index (Phi) is 10.0. The Morgan fingerprint density at radius 3 is 2.69 bits per heavy atom. The van der Waals surface area contributed by atoms with Gasteiger partial charge in [0.05, 0.1) is 6.61 Å². The standard InChI is InChI=1S/C22H34N4O2.HI/c1-3-23-21(25-19-12-14-26(15-13-19)22(27)28-4-2)24-16-18-10-7-9-17-8-5-6-11-20(17)18;/h5-6,8,11,18-19H,3-4,7,9-10,12-16H2,1-2H3,(H2,23,24,25);1H. The highest BCUT2D eigenvalue weighted by molar-refractivity contribution is 14.0. The van der Waals surface area contributed by atoms with Gasteiger partial charge in [0.1, 0.15) is 0 Å². The number of amides is 1. The Labute approximate surface area is 191 Å². The van der Waals surface area contributed by atoms with Crippen LogP contribution in [0.1, 0.15) is 56.6 Å². The molecule has 0 aromatic heterocycles. The molecule has 2 N–H and O–H groups in total. The number of fused-ring (bicyclic) bond motifs is 1. The number of carbonyl (C=O) groups excluding carboxylic acids is 1. The molecule has 29 heavy (non-hydrogen) atoms. The molecule has 1 aliphatic carbocycles. The van der Waals surface area contributed by atoms with E-state index in [1.807, 2.05) is 6.92 Å². The van der Waals surface area contributed by atoms with Crippen molar-refractivity contribution < 1.29 is 9.53 Å². The lowest BCUT2D eigenvalue weighted by Gasteiger charge is -2.32. The molecule has 1 aromatic rings. The molecule has 1 aromatic carbocycles. The van der Waals surface area contributed by atoms with Crippen LogP contribution in [-0.2, 0) is 11.2 Å². The van der Waals surface area contributed by atoms with Crippen molar-refractivity contribution in [1.29, 1.82) is 0 Å². The fraction of sp³-hybridized carbons (Fsp3) is 0.636. The molecule has 0 spiro atoms. The minimum atomic E-state index is -0.197. The van der Waals surface area contributed by atoms with Gasteiger partial charge in [-0.15, -0.1) is 24.0 Å². The fourth-order valence-electron chi connectivity index (χ4n) is 4.18. The maximum absolute atomic E-state index is 11.9. The predicted octanol–water partition coefficient (Wildman–Crippen LogP) is 3.90. The first-order chi connectivity index (χ1) is 13.7. The van der Waals surface area contributed by atoms with Gasteiger partial charge in [-0.3, -0.25) is 4.99 Å². The van der Waals surface area contributed by atoms with Gasteiger partial charge in [-0.1, -0.05) is 24.3 Å². The first kappa shape index (κ1) is 23.8. The zero-order valence-corrected chi connectivity index (χ0v) is 20.0. The van der Waals surface area contributed by atoms with E-state index in [2.05, 4.69) is 41.8 Å². The molecule has 1 aliphatic heterocycles. The lowest BCUT2D eigenvalue weighted by molar-refractivity contribution is 0.0963. The molecule has 0 saturated carbocycles. The highest BCUT2D eigenvalue weighted by Gasteiger charge is 2.24. The number of piperidine rings is 1. The molecule has 1 saturated heterocycles. The summed E-state index contributed by atoms with van der Waals surface area (Å²) in [6.07, 6.45) is 5.27. The molecule has 1 fully saturated rings. The maximum atomic E-state index is 11.9. The summed E-state index contributed by atoms with van der Waals surface area (Å²) < 4.78 is 5.10. The van der Waals surface area contributed by atoms with E-state index < -0.39 is 0 Å². The molecular weight excluding hydrogens is 479 g/mol. The third-order valence-corrected chi connectivity index (χ3v) is 5.67. The Hall–Kier alpha value is -1.51. The number of guanidine groups is 1. The normalized spacial score (nSPS) is 19.7. The molecule has 162 valence electrons. The van der Waals surface area contributed by atoms with Crippen molar-refractivity contribution in [2.75, 3.05) is 32.8 Å². The third kappa shape index (κ3) is 6.76. The highest BCUT2D eigenvalue weighted by atomic mass is 127. The minimum Gasteiger partial charge on any atom is -0.450 e. The maximum Gasteiger partial charge on any atom is 0.409 e. The first-order valence-corrected chi connectivity index (χ1v) is 10.8. The van der Waals surface area contributed by atoms with E-state index in [1.165, 1.54) is 30.4 Å². The molecule has 7 heteroatoms. The van der Waals surface area contributed by atoms with Gasteiger partial charge in [0, 0.05) is 38.1 Å². The lowest BCUT2D eigenvalue weighted by atomic mass is 9.83. The van der Waals surface area contributed by atoms with E-state index in [9.17, 15) is 4.79 Å². The Morgan fingerprint density at radius 1 is 1.21 bits per heavy atom. The van der Waals surface area contributed by atoms with Gasteiger partial charge in [0.15, 0.2) is 5.96 Å². The number of carbonyl (C=O) groups is 1. The van der Waals surface area contributed by atoms with Gasteiger partial charge in [-0.25, -0.2) is 4.79 Å². The van der Waals surface area contributed by atoms with Crippen molar-refractivity contribution in [3.05, 3.63) is 35.4 Å². The highest BCUT2D eigenvalue weighted by Crippen LogP contribution is 2.31. The van der Waals surface area contributed by atoms with E-state index in [0.29, 0.717) is 18.6 Å². The number of hydrogen-bond acceptors (Lipinski definition) is 3. The number of ether oxygens (including phenoxy) is 1. The summed E-state index contributed by atoms with van der Waals surface area (Å²) in [6.45, 7) is 7.48. The van der Waals surface area contributed by atoms with Crippen LogP contribution in [0.5, 0.6) is 0 Å². The van der Waals surface area contributed by atoms with Crippen molar-refractivity contribution >= 4 is 36.0 Å². The molecule has 2 aliphatic rings. The molecule has 1 unspecified atom stereocenters. The number of aliphatic imine (C=N–C) groups is 1. The second kappa shape index (κ2) is 12.2. The minimum absolute atomic E-state index is 0. The summed E-state index contributed by atoms with van der Waals surface area (Å²) in [6, 6.07) is 9.13. The van der Waals surface area contributed by atoms with Crippen LogP contribution in [0.3, 0.4) is 0 Å². The van der Waals surface area contributed by atoms with Crippen LogP contribution in [0.2, 0.25) is 0 Å². The predicted molar refractivity (Wildman–Crippen MR) is 128 cm³/mol. The Balaban J connectivity index is 0.00000300. The van der Waals surface area contributed by atoms with Crippen molar-refractivity contribution in [2.24, 2.45) is 4.99 Å². The molecule has 1 heterocycles. The van der Waals surface area contributed by atoms with Gasteiger partial charge < -0.3 is 20.3 Å². The Morgan fingerprint density at radius 2 is 1.97 bits per heavy atom. The summed E-state index contributed by atoms with van der Waals surface area (Å²) in [5.41, 5.74) is 2.95. The molecular formula is C22H35IN4O2.